The van der Waals surface area contributed by atoms with Crippen LogP contribution in [0.4, 0.5) is 0 Å². The van der Waals surface area contributed by atoms with Crippen molar-refractivity contribution in [3.05, 3.63) is 65.2 Å². The number of aryl methyl sites for hydroxylation is 1. The molecule has 0 saturated carbocycles. The van der Waals surface area contributed by atoms with Gasteiger partial charge in [0, 0.05) is 12.1 Å². The SMILES string of the molecule is CCn1ncc2c(C(=O)NNC(=O)c3ccc(OC(C)C)cc3)cc(-c3cccs3)nc21. The van der Waals surface area contributed by atoms with Crippen molar-refractivity contribution in [2.24, 2.45) is 0 Å². The van der Waals surface area contributed by atoms with Crippen molar-refractivity contribution < 1.29 is 14.3 Å². The van der Waals surface area contributed by atoms with Gasteiger partial charge in [0.2, 0.25) is 0 Å². The first-order valence-corrected chi connectivity index (χ1v) is 11.1. The van der Waals surface area contributed by atoms with Gasteiger partial charge < -0.3 is 4.74 Å². The highest BCUT2D eigenvalue weighted by Gasteiger charge is 2.18. The van der Waals surface area contributed by atoms with Crippen LogP contribution in [0.2, 0.25) is 0 Å². The molecule has 0 bridgehead atoms. The number of fused-ring (bicyclic) bond motifs is 1. The van der Waals surface area contributed by atoms with E-state index in [0.29, 0.717) is 40.1 Å². The summed E-state index contributed by atoms with van der Waals surface area (Å²) in [7, 11) is 0. The van der Waals surface area contributed by atoms with E-state index in [1.54, 1.807) is 41.2 Å². The number of carbonyl (C=O) groups excluding carboxylic acids is 2. The zero-order chi connectivity index (χ0) is 22.7. The van der Waals surface area contributed by atoms with Gasteiger partial charge in [0.15, 0.2) is 5.65 Å². The number of pyridine rings is 1. The van der Waals surface area contributed by atoms with Gasteiger partial charge in [-0.3, -0.25) is 20.4 Å². The lowest BCUT2D eigenvalue weighted by molar-refractivity contribution is 0.0847. The molecule has 0 fully saturated rings. The van der Waals surface area contributed by atoms with Crippen LogP contribution >= 0.6 is 11.3 Å². The minimum atomic E-state index is -0.445. The molecule has 1 aromatic carbocycles. The lowest BCUT2D eigenvalue weighted by atomic mass is 10.1. The summed E-state index contributed by atoms with van der Waals surface area (Å²) in [5, 5.41) is 6.90. The molecule has 9 heteroatoms. The number of nitrogens with zero attached hydrogens (tertiary/aromatic N) is 3. The van der Waals surface area contributed by atoms with Crippen LogP contribution in [0.5, 0.6) is 5.75 Å². The Morgan fingerprint density at radius 3 is 2.53 bits per heavy atom. The van der Waals surface area contributed by atoms with Gasteiger partial charge in [-0.25, -0.2) is 9.67 Å². The average Bonchev–Trinajstić information content (AvgIpc) is 3.46. The summed E-state index contributed by atoms with van der Waals surface area (Å²) in [4.78, 5) is 31.1. The predicted molar refractivity (Wildman–Crippen MR) is 124 cm³/mol. The number of thiophene rings is 1. The van der Waals surface area contributed by atoms with Crippen molar-refractivity contribution in [3.8, 4) is 16.3 Å². The van der Waals surface area contributed by atoms with E-state index < -0.39 is 11.8 Å². The van der Waals surface area contributed by atoms with Crippen LogP contribution in [-0.2, 0) is 6.54 Å². The Bertz CT molecular complexity index is 1250. The summed E-state index contributed by atoms with van der Waals surface area (Å²) >= 11 is 1.54. The Morgan fingerprint density at radius 1 is 1.12 bits per heavy atom. The molecule has 4 rings (SSSR count). The Balaban J connectivity index is 1.54. The van der Waals surface area contributed by atoms with E-state index in [1.807, 2.05) is 38.3 Å². The summed E-state index contributed by atoms with van der Waals surface area (Å²) in [6.07, 6.45) is 1.66. The van der Waals surface area contributed by atoms with Gasteiger partial charge in [0.1, 0.15) is 5.75 Å². The maximum absolute atomic E-state index is 13.0. The summed E-state index contributed by atoms with van der Waals surface area (Å²) in [6, 6.07) is 12.3. The molecule has 0 unspecified atom stereocenters. The lowest BCUT2D eigenvalue weighted by Crippen LogP contribution is -2.41. The van der Waals surface area contributed by atoms with Gasteiger partial charge in [0.25, 0.3) is 11.8 Å². The summed E-state index contributed by atoms with van der Waals surface area (Å²) in [5.74, 6) is -0.199. The smallest absolute Gasteiger partial charge is 0.270 e. The van der Waals surface area contributed by atoms with Gasteiger partial charge in [-0.05, 0) is 62.5 Å². The number of carbonyl (C=O) groups is 2. The largest absolute Gasteiger partial charge is 0.491 e. The Morgan fingerprint density at radius 2 is 1.88 bits per heavy atom. The molecule has 8 nitrogen and oxygen atoms in total. The molecule has 0 spiro atoms. The van der Waals surface area contributed by atoms with Crippen LogP contribution in [0.1, 0.15) is 41.5 Å². The van der Waals surface area contributed by atoms with E-state index >= 15 is 0 Å². The highest BCUT2D eigenvalue weighted by atomic mass is 32.1. The van der Waals surface area contributed by atoms with Crippen molar-refractivity contribution >= 4 is 34.2 Å². The maximum atomic E-state index is 13.0. The summed E-state index contributed by atoms with van der Waals surface area (Å²) < 4.78 is 7.32. The van der Waals surface area contributed by atoms with Crippen LogP contribution in [0, 0.1) is 0 Å². The fourth-order valence-electron chi connectivity index (χ4n) is 3.23. The first-order chi connectivity index (χ1) is 15.5. The number of hydrogen-bond acceptors (Lipinski definition) is 6. The zero-order valence-corrected chi connectivity index (χ0v) is 18.8. The van der Waals surface area contributed by atoms with E-state index in [1.165, 1.54) is 11.3 Å². The summed E-state index contributed by atoms with van der Waals surface area (Å²) in [5.41, 5.74) is 7.07. The lowest BCUT2D eigenvalue weighted by Gasteiger charge is -2.11. The molecule has 3 heterocycles. The molecular formula is C23H23N5O3S. The normalized spacial score (nSPS) is 11.0. The molecule has 2 amide bonds. The third-order valence-electron chi connectivity index (χ3n) is 4.70. The Hall–Kier alpha value is -3.72. The van der Waals surface area contributed by atoms with Crippen LogP contribution in [-0.4, -0.2) is 32.7 Å². The quantitative estimate of drug-likeness (QED) is 0.433. The number of ether oxygens (including phenoxy) is 1. The number of benzene rings is 1. The number of aromatic nitrogens is 3. The molecule has 164 valence electrons. The summed E-state index contributed by atoms with van der Waals surface area (Å²) in [6.45, 7) is 6.45. The number of hydrazine groups is 1. The standard InChI is InChI=1S/C23H23N5O3S/c1-4-28-21-18(13-24-28)17(12-19(25-21)20-6-5-11-32-20)23(30)27-26-22(29)15-7-9-16(10-8-15)31-14(2)3/h5-14H,4H2,1-3H3,(H,26,29)(H,27,30). The molecular weight excluding hydrogens is 426 g/mol. The van der Waals surface area contributed by atoms with Crippen molar-refractivity contribution in [3.63, 3.8) is 0 Å². The number of rotatable bonds is 6. The zero-order valence-electron chi connectivity index (χ0n) is 18.0. The van der Waals surface area contributed by atoms with E-state index in [0.717, 1.165) is 4.88 Å². The minimum Gasteiger partial charge on any atom is -0.491 e. The first-order valence-electron chi connectivity index (χ1n) is 10.2. The molecule has 0 radical (unpaired) electrons. The Kier molecular flexibility index (Phi) is 6.18. The fourth-order valence-corrected chi connectivity index (χ4v) is 3.91. The maximum Gasteiger partial charge on any atom is 0.270 e. The van der Waals surface area contributed by atoms with Crippen LogP contribution in [0.25, 0.3) is 21.6 Å². The van der Waals surface area contributed by atoms with Gasteiger partial charge in [-0.1, -0.05) is 6.07 Å². The van der Waals surface area contributed by atoms with Crippen LogP contribution in [0.3, 0.4) is 0 Å². The second-order valence-corrected chi connectivity index (χ2v) is 8.28. The molecule has 0 atom stereocenters. The second-order valence-electron chi connectivity index (χ2n) is 7.33. The predicted octanol–water partition coefficient (Wildman–Crippen LogP) is 4.04. The monoisotopic (exact) mass is 449 g/mol. The van der Waals surface area contributed by atoms with Crippen LogP contribution in [0.15, 0.2) is 54.0 Å². The highest BCUT2D eigenvalue weighted by Crippen LogP contribution is 2.28. The van der Waals surface area contributed by atoms with Gasteiger partial charge in [0.05, 0.1) is 33.8 Å². The average molecular weight is 450 g/mol. The highest BCUT2D eigenvalue weighted by molar-refractivity contribution is 7.13. The van der Waals surface area contributed by atoms with E-state index in [-0.39, 0.29) is 6.10 Å². The van der Waals surface area contributed by atoms with Crippen LogP contribution < -0.4 is 15.6 Å². The third kappa shape index (κ3) is 4.47. The topological polar surface area (TPSA) is 98.1 Å². The molecule has 32 heavy (non-hydrogen) atoms. The number of hydrogen-bond donors (Lipinski definition) is 2. The molecule has 0 aliphatic carbocycles. The minimum absolute atomic E-state index is 0.0438. The molecule has 0 aliphatic rings. The first kappa shape index (κ1) is 21.5. The molecule has 4 aromatic rings. The van der Waals surface area contributed by atoms with Crippen molar-refractivity contribution in [2.75, 3.05) is 0 Å². The van der Waals surface area contributed by atoms with E-state index in [9.17, 15) is 9.59 Å². The second kappa shape index (κ2) is 9.19. The third-order valence-corrected chi connectivity index (χ3v) is 5.60. The number of nitrogens with one attached hydrogen (secondary N) is 2. The van der Waals surface area contributed by atoms with Gasteiger partial charge >= 0.3 is 0 Å². The fraction of sp³-hybridized carbons (Fsp3) is 0.217. The van der Waals surface area contributed by atoms with Crippen molar-refractivity contribution in [1.82, 2.24) is 25.6 Å². The van der Waals surface area contributed by atoms with E-state index in [4.69, 9.17) is 9.72 Å². The van der Waals surface area contributed by atoms with Gasteiger partial charge in [-0.2, -0.15) is 5.10 Å². The number of amides is 2. The molecule has 0 aliphatic heterocycles. The molecule has 0 saturated heterocycles. The molecule has 3 aromatic heterocycles. The van der Waals surface area contributed by atoms with E-state index in [2.05, 4.69) is 16.0 Å². The molecule has 2 N–H and O–H groups in total. The van der Waals surface area contributed by atoms with Crippen molar-refractivity contribution in [2.45, 2.75) is 33.4 Å². The van der Waals surface area contributed by atoms with Crippen molar-refractivity contribution in [1.29, 1.82) is 0 Å². The van der Waals surface area contributed by atoms with Gasteiger partial charge in [-0.15, -0.1) is 11.3 Å². The Labute approximate surface area is 189 Å².